The molecule has 0 aliphatic carbocycles. The van der Waals surface area contributed by atoms with Gasteiger partial charge < -0.3 is 15.2 Å². The third kappa shape index (κ3) is 3.80. The van der Waals surface area contributed by atoms with Gasteiger partial charge in [-0.05, 0) is 42.5 Å². The summed E-state index contributed by atoms with van der Waals surface area (Å²) < 4.78 is 2.70. The number of aromatic nitrogens is 1. The zero-order chi connectivity index (χ0) is 18.0. The number of hydrogen-bond acceptors (Lipinski definition) is 3. The van der Waals surface area contributed by atoms with Gasteiger partial charge in [0.15, 0.2) is 0 Å². The van der Waals surface area contributed by atoms with Crippen LogP contribution >= 0.6 is 15.9 Å². The van der Waals surface area contributed by atoms with Crippen LogP contribution in [0.4, 0.5) is 10.5 Å². The van der Waals surface area contributed by atoms with Crippen LogP contribution in [0.5, 0.6) is 0 Å². The van der Waals surface area contributed by atoms with Gasteiger partial charge in [-0.3, -0.25) is 9.59 Å². The Kier molecular flexibility index (Phi) is 4.71. The Labute approximate surface area is 152 Å². The average molecular weight is 403 g/mol. The summed E-state index contributed by atoms with van der Waals surface area (Å²) in [5.74, 6) is -0.983. The lowest BCUT2D eigenvalue weighted by Crippen LogP contribution is -2.38. The number of halogens is 1. The molecule has 0 spiro atoms. The summed E-state index contributed by atoms with van der Waals surface area (Å²) in [6.07, 6.45) is 3.41. The number of urea groups is 1. The van der Waals surface area contributed by atoms with Gasteiger partial charge in [0.2, 0.25) is 5.91 Å². The molecule has 0 unspecified atom stereocenters. The highest BCUT2D eigenvalue weighted by atomic mass is 79.9. The Bertz CT molecular complexity index is 870. The minimum atomic E-state index is -0.614. The molecule has 0 saturated carbocycles. The molecule has 1 aliphatic heterocycles. The standard InChI is InChI=1S/C17H15BrN4O3/c1-21-8-2-3-13(21)9-14-16(24)22(17(25)20-14)10-15(23)19-12-6-4-11(18)5-7-12/h2-9H,10H2,1H3,(H,19,23)(H,20,25)/b14-9-. The first kappa shape index (κ1) is 17.0. The monoisotopic (exact) mass is 402 g/mol. The van der Waals surface area contributed by atoms with Crippen LogP contribution in [-0.4, -0.2) is 33.9 Å². The van der Waals surface area contributed by atoms with E-state index in [0.717, 1.165) is 15.1 Å². The number of imide groups is 1. The Morgan fingerprint density at radius 3 is 2.60 bits per heavy atom. The van der Waals surface area contributed by atoms with Gasteiger partial charge in [0, 0.05) is 29.1 Å². The molecular formula is C17H15BrN4O3. The van der Waals surface area contributed by atoms with Crippen LogP contribution in [-0.2, 0) is 16.6 Å². The average Bonchev–Trinajstić information content (AvgIpc) is 3.08. The number of rotatable bonds is 4. The first-order chi connectivity index (χ1) is 11.9. The second kappa shape index (κ2) is 6.94. The Morgan fingerprint density at radius 2 is 1.96 bits per heavy atom. The molecule has 1 saturated heterocycles. The topological polar surface area (TPSA) is 83.4 Å². The van der Waals surface area contributed by atoms with Crippen molar-refractivity contribution >= 4 is 45.5 Å². The number of carbonyl (C=O) groups excluding carboxylic acids is 3. The van der Waals surface area contributed by atoms with Crippen LogP contribution in [0.25, 0.3) is 6.08 Å². The minimum absolute atomic E-state index is 0.142. The number of nitrogens with one attached hydrogen (secondary N) is 2. The zero-order valence-corrected chi connectivity index (χ0v) is 14.9. The van der Waals surface area contributed by atoms with Gasteiger partial charge >= 0.3 is 6.03 Å². The number of nitrogens with zero attached hydrogens (tertiary/aromatic N) is 2. The number of hydrogen-bond donors (Lipinski definition) is 2. The highest BCUT2D eigenvalue weighted by Crippen LogP contribution is 2.16. The van der Waals surface area contributed by atoms with E-state index in [1.807, 2.05) is 29.9 Å². The molecule has 0 radical (unpaired) electrons. The van der Waals surface area contributed by atoms with Crippen LogP contribution < -0.4 is 10.6 Å². The summed E-state index contributed by atoms with van der Waals surface area (Å²) in [6.45, 7) is -0.356. The summed E-state index contributed by atoms with van der Waals surface area (Å²) in [4.78, 5) is 37.3. The molecule has 25 heavy (non-hydrogen) atoms. The molecule has 2 heterocycles. The van der Waals surface area contributed by atoms with Crippen molar-refractivity contribution < 1.29 is 14.4 Å². The number of carbonyl (C=O) groups is 3. The number of benzene rings is 1. The maximum Gasteiger partial charge on any atom is 0.329 e. The molecule has 128 valence electrons. The zero-order valence-electron chi connectivity index (χ0n) is 13.3. The van der Waals surface area contributed by atoms with E-state index in [-0.39, 0.29) is 12.2 Å². The molecule has 0 atom stereocenters. The molecule has 2 aromatic rings. The summed E-state index contributed by atoms with van der Waals surface area (Å²) in [5.41, 5.74) is 1.49. The molecule has 1 aliphatic rings. The highest BCUT2D eigenvalue weighted by Gasteiger charge is 2.35. The fourth-order valence-corrected chi connectivity index (χ4v) is 2.63. The smallest absolute Gasteiger partial charge is 0.329 e. The third-order valence-electron chi connectivity index (χ3n) is 3.67. The van der Waals surface area contributed by atoms with E-state index in [1.54, 1.807) is 30.3 Å². The third-order valence-corrected chi connectivity index (χ3v) is 4.20. The normalized spacial score (nSPS) is 15.6. The first-order valence-corrected chi connectivity index (χ1v) is 8.24. The molecule has 8 heteroatoms. The van der Waals surface area contributed by atoms with E-state index in [2.05, 4.69) is 26.6 Å². The van der Waals surface area contributed by atoms with Crippen molar-refractivity contribution in [3.63, 3.8) is 0 Å². The predicted octanol–water partition coefficient (Wildman–Crippen LogP) is 2.32. The summed E-state index contributed by atoms with van der Waals surface area (Å²) in [5, 5.41) is 5.14. The maximum absolute atomic E-state index is 12.4. The molecule has 0 bridgehead atoms. The number of anilines is 1. The van der Waals surface area contributed by atoms with Crippen molar-refractivity contribution in [1.82, 2.24) is 14.8 Å². The second-order valence-corrected chi connectivity index (χ2v) is 6.39. The predicted molar refractivity (Wildman–Crippen MR) is 96.4 cm³/mol. The maximum atomic E-state index is 12.4. The second-order valence-electron chi connectivity index (χ2n) is 5.48. The van der Waals surface area contributed by atoms with E-state index in [1.165, 1.54) is 0 Å². The molecular weight excluding hydrogens is 388 g/mol. The van der Waals surface area contributed by atoms with E-state index in [4.69, 9.17) is 0 Å². The molecule has 1 fully saturated rings. The van der Waals surface area contributed by atoms with Gasteiger partial charge in [0.25, 0.3) is 5.91 Å². The molecule has 3 rings (SSSR count). The van der Waals surface area contributed by atoms with E-state index < -0.39 is 17.8 Å². The van der Waals surface area contributed by atoms with Gasteiger partial charge in [0.05, 0.1) is 0 Å². The van der Waals surface area contributed by atoms with E-state index in [0.29, 0.717) is 5.69 Å². The van der Waals surface area contributed by atoms with Gasteiger partial charge in [0.1, 0.15) is 12.2 Å². The molecule has 1 aromatic heterocycles. The van der Waals surface area contributed by atoms with Crippen LogP contribution in [0, 0.1) is 0 Å². The minimum Gasteiger partial charge on any atom is -0.351 e. The first-order valence-electron chi connectivity index (χ1n) is 7.45. The van der Waals surface area contributed by atoms with Crippen LogP contribution in [0.3, 0.4) is 0 Å². The van der Waals surface area contributed by atoms with Crippen molar-refractivity contribution in [2.24, 2.45) is 7.05 Å². The van der Waals surface area contributed by atoms with Gasteiger partial charge in [-0.15, -0.1) is 0 Å². The van der Waals surface area contributed by atoms with Crippen molar-refractivity contribution in [1.29, 1.82) is 0 Å². The molecule has 4 amide bonds. The quantitative estimate of drug-likeness (QED) is 0.607. The van der Waals surface area contributed by atoms with Crippen LogP contribution in [0.15, 0.2) is 52.8 Å². The lowest BCUT2D eigenvalue weighted by atomic mass is 10.3. The molecule has 7 nitrogen and oxygen atoms in total. The molecule has 2 N–H and O–H groups in total. The number of aryl methyl sites for hydroxylation is 1. The highest BCUT2D eigenvalue weighted by molar-refractivity contribution is 9.10. The SMILES string of the molecule is Cn1cccc1/C=C1\NC(=O)N(CC(=O)Nc2ccc(Br)cc2)C1=O. The van der Waals surface area contributed by atoms with E-state index >= 15 is 0 Å². The lowest BCUT2D eigenvalue weighted by Gasteiger charge is -2.12. The van der Waals surface area contributed by atoms with Gasteiger partial charge in [-0.1, -0.05) is 15.9 Å². The van der Waals surface area contributed by atoms with Crippen molar-refractivity contribution in [3.05, 3.63) is 58.5 Å². The summed E-state index contributed by atoms with van der Waals surface area (Å²) >= 11 is 3.31. The number of amides is 4. The summed E-state index contributed by atoms with van der Waals surface area (Å²) in [6, 6.07) is 10.0. The van der Waals surface area contributed by atoms with Crippen molar-refractivity contribution in [2.75, 3.05) is 11.9 Å². The van der Waals surface area contributed by atoms with E-state index in [9.17, 15) is 14.4 Å². The Hall–Kier alpha value is -2.87. The van der Waals surface area contributed by atoms with Gasteiger partial charge in [-0.2, -0.15) is 0 Å². The summed E-state index contributed by atoms with van der Waals surface area (Å²) in [7, 11) is 1.83. The van der Waals surface area contributed by atoms with Crippen LogP contribution in [0.1, 0.15) is 5.69 Å². The van der Waals surface area contributed by atoms with Crippen molar-refractivity contribution in [3.8, 4) is 0 Å². The Balaban J connectivity index is 1.68. The fourth-order valence-electron chi connectivity index (χ4n) is 2.36. The Morgan fingerprint density at radius 1 is 1.24 bits per heavy atom. The molecule has 1 aromatic carbocycles. The largest absolute Gasteiger partial charge is 0.351 e. The fraction of sp³-hybridized carbons (Fsp3) is 0.118. The van der Waals surface area contributed by atoms with Crippen molar-refractivity contribution in [2.45, 2.75) is 0 Å². The van der Waals surface area contributed by atoms with Gasteiger partial charge in [-0.25, -0.2) is 9.69 Å². The van der Waals surface area contributed by atoms with Crippen LogP contribution in [0.2, 0.25) is 0 Å². The lowest BCUT2D eigenvalue weighted by molar-refractivity contribution is -0.127.